The zero-order valence-corrected chi connectivity index (χ0v) is 17.3. The van der Waals surface area contributed by atoms with Crippen LogP contribution in [0, 0.1) is 5.82 Å². The van der Waals surface area contributed by atoms with Gasteiger partial charge in [-0.1, -0.05) is 42.5 Å². The summed E-state index contributed by atoms with van der Waals surface area (Å²) < 4.78 is 18.8. The average molecular weight is 437 g/mol. The van der Waals surface area contributed by atoms with Crippen molar-refractivity contribution in [1.29, 1.82) is 0 Å². The van der Waals surface area contributed by atoms with Crippen LogP contribution in [0.5, 0.6) is 5.75 Å². The Balaban J connectivity index is 1.63. The number of para-hydroxylation sites is 1. The quantitative estimate of drug-likeness (QED) is 0.503. The van der Waals surface area contributed by atoms with E-state index in [9.17, 15) is 24.5 Å². The maximum Gasteiger partial charge on any atom is 0.415 e. The van der Waals surface area contributed by atoms with Gasteiger partial charge in [-0.25, -0.2) is 9.18 Å². The minimum atomic E-state index is -0.855. The molecule has 0 spiro atoms. The van der Waals surface area contributed by atoms with Gasteiger partial charge in [0.25, 0.3) is 0 Å². The second-order valence-corrected chi connectivity index (χ2v) is 7.77. The molecular formula is C25H24FNO5. The van der Waals surface area contributed by atoms with Gasteiger partial charge in [0.2, 0.25) is 0 Å². The summed E-state index contributed by atoms with van der Waals surface area (Å²) in [5.41, 5.74) is 2.22. The van der Waals surface area contributed by atoms with Crippen LogP contribution in [0.3, 0.4) is 0 Å². The van der Waals surface area contributed by atoms with Gasteiger partial charge >= 0.3 is 6.09 Å². The first-order valence-electron chi connectivity index (χ1n) is 10.4. The lowest BCUT2D eigenvalue weighted by Gasteiger charge is -2.26. The van der Waals surface area contributed by atoms with E-state index in [4.69, 9.17) is 4.74 Å². The molecule has 1 saturated heterocycles. The second-order valence-electron chi connectivity index (χ2n) is 7.77. The molecule has 0 radical (unpaired) electrons. The number of nitrogens with zero attached hydrogens (tertiary/aromatic N) is 1. The lowest BCUT2D eigenvalue weighted by Crippen LogP contribution is -2.29. The predicted molar refractivity (Wildman–Crippen MR) is 117 cm³/mol. The fraction of sp³-hybridized carbons (Fsp3) is 0.240. The van der Waals surface area contributed by atoms with Gasteiger partial charge in [0.05, 0.1) is 12.7 Å². The van der Waals surface area contributed by atoms with Gasteiger partial charge in [-0.3, -0.25) is 4.90 Å². The van der Waals surface area contributed by atoms with E-state index in [0.29, 0.717) is 28.8 Å². The summed E-state index contributed by atoms with van der Waals surface area (Å²) in [6, 6.07) is 18.8. The Labute approximate surface area is 185 Å². The number of cyclic esters (lactones) is 1. The van der Waals surface area contributed by atoms with E-state index < -0.39 is 24.3 Å². The number of anilines is 1. The van der Waals surface area contributed by atoms with Crippen LogP contribution in [-0.4, -0.2) is 27.5 Å². The number of aliphatic hydroxyl groups excluding tert-OH is 2. The van der Waals surface area contributed by atoms with Crippen LogP contribution >= 0.6 is 0 Å². The van der Waals surface area contributed by atoms with Crippen LogP contribution < -0.4 is 4.90 Å². The Morgan fingerprint density at radius 1 is 1.03 bits per heavy atom. The third kappa shape index (κ3) is 4.44. The number of benzene rings is 3. The van der Waals surface area contributed by atoms with Crippen LogP contribution in [0.25, 0.3) is 0 Å². The number of rotatable bonds is 7. The zero-order valence-electron chi connectivity index (χ0n) is 17.3. The number of carbonyl (C=O) groups excluding carboxylic acids is 1. The highest BCUT2D eigenvalue weighted by atomic mass is 19.1. The fourth-order valence-electron chi connectivity index (χ4n) is 4.05. The lowest BCUT2D eigenvalue weighted by atomic mass is 9.93. The van der Waals surface area contributed by atoms with E-state index in [-0.39, 0.29) is 24.6 Å². The maximum atomic E-state index is 13.2. The molecule has 7 heteroatoms. The number of hydrogen-bond donors (Lipinski definition) is 3. The summed E-state index contributed by atoms with van der Waals surface area (Å²) in [6.07, 6.45) is -1.44. The largest absolute Gasteiger partial charge is 0.508 e. The Morgan fingerprint density at radius 2 is 1.75 bits per heavy atom. The Hall–Kier alpha value is -3.42. The number of amides is 1. The maximum absolute atomic E-state index is 13.2. The van der Waals surface area contributed by atoms with Gasteiger partial charge in [0.15, 0.2) is 0 Å². The number of aliphatic hydroxyl groups is 2. The van der Waals surface area contributed by atoms with Crippen molar-refractivity contribution in [3.8, 4) is 5.75 Å². The smallest absolute Gasteiger partial charge is 0.415 e. The minimum Gasteiger partial charge on any atom is -0.508 e. The summed E-state index contributed by atoms with van der Waals surface area (Å²) in [5, 5.41) is 30.6. The number of phenols is 1. The summed E-state index contributed by atoms with van der Waals surface area (Å²) in [5.74, 6) is -0.434. The van der Waals surface area contributed by atoms with Crippen molar-refractivity contribution in [2.45, 2.75) is 37.7 Å². The molecule has 32 heavy (non-hydrogen) atoms. The predicted octanol–water partition coefficient (Wildman–Crippen LogP) is 4.60. The molecule has 0 aliphatic carbocycles. The first-order valence-corrected chi connectivity index (χ1v) is 10.4. The Kier molecular flexibility index (Phi) is 6.39. The SMILES string of the molecule is O=C1O[C@H](CCC(O)c2ccc(F)cc2)[C@@H](c2ccc(CO)cc2O)N1c1ccccc1. The van der Waals surface area contributed by atoms with Crippen molar-refractivity contribution in [2.75, 3.05) is 4.90 Å². The highest BCUT2D eigenvalue weighted by molar-refractivity contribution is 5.91. The van der Waals surface area contributed by atoms with Gasteiger partial charge in [0.1, 0.15) is 23.7 Å². The van der Waals surface area contributed by atoms with Crippen LogP contribution in [0.4, 0.5) is 14.9 Å². The Morgan fingerprint density at radius 3 is 2.41 bits per heavy atom. The van der Waals surface area contributed by atoms with Gasteiger partial charge in [-0.05, 0) is 54.3 Å². The zero-order chi connectivity index (χ0) is 22.7. The number of ether oxygens (including phenoxy) is 1. The molecule has 4 rings (SSSR count). The molecule has 1 aliphatic rings. The van der Waals surface area contributed by atoms with Crippen molar-refractivity contribution in [1.82, 2.24) is 0 Å². The molecule has 0 saturated carbocycles. The van der Waals surface area contributed by atoms with Crippen molar-refractivity contribution < 1.29 is 29.2 Å². The third-order valence-electron chi connectivity index (χ3n) is 5.69. The third-order valence-corrected chi connectivity index (χ3v) is 5.69. The van der Waals surface area contributed by atoms with Crippen LogP contribution in [-0.2, 0) is 11.3 Å². The first-order chi connectivity index (χ1) is 15.5. The average Bonchev–Trinajstić information content (AvgIpc) is 3.14. The van der Waals surface area contributed by atoms with Crippen molar-refractivity contribution in [2.24, 2.45) is 0 Å². The van der Waals surface area contributed by atoms with Crippen LogP contribution in [0.15, 0.2) is 72.8 Å². The molecule has 6 nitrogen and oxygen atoms in total. The Bertz CT molecular complexity index is 1070. The molecule has 1 fully saturated rings. The standard InChI is InChI=1S/C25H24FNO5/c26-18-9-7-17(8-10-18)21(29)12-13-23-24(20-11-6-16(15-28)14-22(20)30)27(25(31)32-23)19-4-2-1-3-5-19/h1-11,14,21,23-24,28-30H,12-13,15H2/t21?,23-,24-/m1/s1. The molecule has 1 aliphatic heterocycles. The molecule has 3 N–H and O–H groups in total. The van der Waals surface area contributed by atoms with Crippen LogP contribution in [0.1, 0.15) is 41.7 Å². The van der Waals surface area contributed by atoms with E-state index in [2.05, 4.69) is 0 Å². The van der Waals surface area contributed by atoms with E-state index in [1.54, 1.807) is 36.4 Å². The summed E-state index contributed by atoms with van der Waals surface area (Å²) in [4.78, 5) is 14.3. The molecule has 166 valence electrons. The first kappa shape index (κ1) is 21.8. The highest BCUT2D eigenvalue weighted by Gasteiger charge is 2.44. The van der Waals surface area contributed by atoms with Crippen molar-refractivity contribution in [3.63, 3.8) is 0 Å². The van der Waals surface area contributed by atoms with Gasteiger partial charge in [0, 0.05) is 11.3 Å². The summed E-state index contributed by atoms with van der Waals surface area (Å²) in [6.45, 7) is -0.219. The molecule has 1 heterocycles. The van der Waals surface area contributed by atoms with E-state index in [1.807, 2.05) is 6.07 Å². The van der Waals surface area contributed by atoms with Crippen molar-refractivity contribution in [3.05, 3.63) is 95.3 Å². The monoisotopic (exact) mass is 437 g/mol. The molecule has 0 bridgehead atoms. The topological polar surface area (TPSA) is 90.2 Å². The van der Waals surface area contributed by atoms with E-state index in [1.165, 1.54) is 35.2 Å². The molecule has 1 unspecified atom stereocenters. The molecule has 0 aromatic heterocycles. The van der Waals surface area contributed by atoms with Crippen molar-refractivity contribution >= 4 is 11.8 Å². The van der Waals surface area contributed by atoms with Gasteiger partial charge < -0.3 is 20.1 Å². The van der Waals surface area contributed by atoms with Gasteiger partial charge in [-0.2, -0.15) is 0 Å². The number of carbonyl (C=O) groups is 1. The summed E-state index contributed by atoms with van der Waals surface area (Å²) in [7, 11) is 0. The molecular weight excluding hydrogens is 413 g/mol. The molecule has 3 aromatic carbocycles. The number of aromatic hydroxyl groups is 1. The highest BCUT2D eigenvalue weighted by Crippen LogP contribution is 2.43. The molecule has 1 amide bonds. The van der Waals surface area contributed by atoms with E-state index >= 15 is 0 Å². The number of halogens is 1. The lowest BCUT2D eigenvalue weighted by molar-refractivity contribution is 0.100. The van der Waals surface area contributed by atoms with E-state index in [0.717, 1.165) is 0 Å². The normalized spacial score (nSPS) is 19.1. The fourth-order valence-corrected chi connectivity index (χ4v) is 4.05. The number of phenolic OH excluding ortho intramolecular Hbond substituents is 1. The van der Waals surface area contributed by atoms with Crippen LogP contribution in [0.2, 0.25) is 0 Å². The minimum absolute atomic E-state index is 0.0511. The second kappa shape index (κ2) is 9.38. The number of hydrogen-bond acceptors (Lipinski definition) is 5. The van der Waals surface area contributed by atoms with Gasteiger partial charge in [-0.15, -0.1) is 0 Å². The molecule has 3 aromatic rings. The molecule has 3 atom stereocenters. The summed E-state index contributed by atoms with van der Waals surface area (Å²) >= 11 is 0.